The Labute approximate surface area is 274 Å². The van der Waals surface area contributed by atoms with Gasteiger partial charge in [0.05, 0.1) is 54.5 Å². The Kier molecular flexibility index (Phi) is 9.78. The largest absolute Gasteiger partial charge is 0.481 e. The lowest BCUT2D eigenvalue weighted by Crippen LogP contribution is -2.53. The van der Waals surface area contributed by atoms with Gasteiger partial charge in [-0.2, -0.15) is 5.26 Å². The fourth-order valence-corrected chi connectivity index (χ4v) is 7.94. The van der Waals surface area contributed by atoms with E-state index < -0.39 is 34.0 Å². The minimum Gasteiger partial charge on any atom is -0.481 e. The minimum atomic E-state index is -3.85. The Balaban J connectivity index is 1.72. The summed E-state index contributed by atoms with van der Waals surface area (Å²) in [4.78, 5) is 28.7. The van der Waals surface area contributed by atoms with E-state index in [2.05, 4.69) is 6.07 Å². The summed E-state index contributed by atoms with van der Waals surface area (Å²) in [6.45, 7) is 1.86. The highest BCUT2D eigenvalue weighted by atomic mass is 35.5. The zero-order chi connectivity index (χ0) is 32.5. The Bertz CT molecular complexity index is 1720. The average molecular weight is 669 g/mol. The molecule has 1 saturated carbocycles. The summed E-state index contributed by atoms with van der Waals surface area (Å²) in [5, 5.41) is 20.5. The van der Waals surface area contributed by atoms with E-state index in [4.69, 9.17) is 23.2 Å². The molecule has 3 aromatic carbocycles. The van der Waals surface area contributed by atoms with Gasteiger partial charge in [0.1, 0.15) is 0 Å². The molecule has 1 aliphatic heterocycles. The molecule has 5 unspecified atom stereocenters. The quantitative estimate of drug-likeness (QED) is 0.251. The zero-order valence-electron chi connectivity index (χ0n) is 25.0. The summed E-state index contributed by atoms with van der Waals surface area (Å²) >= 11 is 12.8. The maximum absolute atomic E-state index is 14.8. The highest BCUT2D eigenvalue weighted by Crippen LogP contribution is 2.50. The van der Waals surface area contributed by atoms with Crippen molar-refractivity contribution in [2.24, 2.45) is 17.8 Å². The number of amides is 1. The average Bonchev–Trinajstić information content (AvgIpc) is 3.84. The molecule has 0 aromatic heterocycles. The second-order valence-corrected chi connectivity index (χ2v) is 15.0. The fraction of sp³-hybridized carbons (Fsp3) is 0.382. The first-order valence-corrected chi connectivity index (χ1v) is 17.5. The predicted molar refractivity (Wildman–Crippen MR) is 175 cm³/mol. The molecule has 11 heteroatoms. The van der Waals surface area contributed by atoms with Crippen LogP contribution < -0.4 is 4.31 Å². The number of aliphatic carboxylic acids is 1. The fourth-order valence-electron chi connectivity index (χ4n) is 6.69. The number of carbonyl (C=O) groups is 2. The van der Waals surface area contributed by atoms with Gasteiger partial charge >= 0.3 is 5.97 Å². The first-order valence-electron chi connectivity index (χ1n) is 14.9. The van der Waals surface area contributed by atoms with Crippen LogP contribution in [0.15, 0.2) is 72.8 Å². The van der Waals surface area contributed by atoms with Crippen LogP contribution in [-0.4, -0.2) is 49.1 Å². The molecule has 2 aliphatic rings. The molecule has 8 nitrogen and oxygen atoms in total. The number of anilines is 1. The van der Waals surface area contributed by atoms with Crippen LogP contribution in [0, 0.1) is 29.1 Å². The van der Waals surface area contributed by atoms with E-state index in [0.717, 1.165) is 30.2 Å². The molecule has 5 atom stereocenters. The van der Waals surface area contributed by atoms with Crippen molar-refractivity contribution >= 4 is 50.8 Å². The first-order chi connectivity index (χ1) is 21.4. The molecule has 1 aliphatic carbocycles. The summed E-state index contributed by atoms with van der Waals surface area (Å²) in [5.41, 5.74) is 2.35. The summed E-state index contributed by atoms with van der Waals surface area (Å²) in [6, 6.07) is 22.1. The van der Waals surface area contributed by atoms with Gasteiger partial charge in [0.15, 0.2) is 0 Å². The van der Waals surface area contributed by atoms with Crippen molar-refractivity contribution in [3.8, 4) is 6.07 Å². The lowest BCUT2D eigenvalue weighted by Gasteiger charge is -2.43. The number of nitrogens with zero attached hydrogens (tertiary/aromatic N) is 3. The summed E-state index contributed by atoms with van der Waals surface area (Å²) in [7, 11) is -3.85. The van der Waals surface area contributed by atoms with Crippen LogP contribution in [0.5, 0.6) is 0 Å². The molecule has 0 bridgehead atoms. The molecule has 1 amide bonds. The maximum Gasteiger partial charge on any atom is 0.304 e. The van der Waals surface area contributed by atoms with E-state index in [1.54, 1.807) is 41.3 Å². The van der Waals surface area contributed by atoms with E-state index in [1.807, 2.05) is 37.3 Å². The van der Waals surface area contributed by atoms with Gasteiger partial charge in [-0.25, -0.2) is 8.42 Å². The van der Waals surface area contributed by atoms with Crippen LogP contribution >= 0.6 is 23.2 Å². The van der Waals surface area contributed by atoms with Crippen molar-refractivity contribution < 1.29 is 23.1 Å². The number of benzene rings is 3. The molecule has 45 heavy (non-hydrogen) atoms. The number of carboxylic acids is 1. The Hall–Kier alpha value is -3.58. The standard InChI is InChI=1S/C34H35Cl2N3O5S/c1-21-15-30(25-6-4-7-27(36)17-25)33(24-11-13-26(35)14-12-24)39(34(42)29(21)18-32(40)41)31(23-9-10-23)20-38(45(2,43)44)28-8-3-5-22(16-28)19-37/h3-8,11-14,16-17,21,23,29-31,33H,9-10,15,18,20H2,1-2H3,(H,40,41). The number of nitriles is 1. The van der Waals surface area contributed by atoms with Crippen molar-refractivity contribution in [1.82, 2.24) is 4.90 Å². The smallest absolute Gasteiger partial charge is 0.304 e. The molecule has 1 heterocycles. The van der Waals surface area contributed by atoms with Crippen LogP contribution in [-0.2, 0) is 19.6 Å². The normalized spacial score (nSPS) is 22.7. The third kappa shape index (κ3) is 7.46. The van der Waals surface area contributed by atoms with Crippen LogP contribution in [0.1, 0.15) is 61.3 Å². The predicted octanol–water partition coefficient (Wildman–Crippen LogP) is 6.89. The van der Waals surface area contributed by atoms with E-state index in [0.29, 0.717) is 27.7 Å². The number of halogens is 2. The van der Waals surface area contributed by atoms with Crippen molar-refractivity contribution in [3.05, 3.63) is 99.5 Å². The number of carboxylic acid groups (broad SMARTS) is 1. The lowest BCUT2D eigenvalue weighted by molar-refractivity contribution is -0.148. The number of rotatable bonds is 10. The van der Waals surface area contributed by atoms with Gasteiger partial charge in [-0.1, -0.05) is 60.5 Å². The second-order valence-electron chi connectivity index (χ2n) is 12.2. The van der Waals surface area contributed by atoms with E-state index >= 15 is 0 Å². The zero-order valence-corrected chi connectivity index (χ0v) is 27.3. The van der Waals surface area contributed by atoms with Gasteiger partial charge in [-0.05, 0) is 84.7 Å². The van der Waals surface area contributed by atoms with Crippen molar-refractivity contribution in [1.29, 1.82) is 5.26 Å². The van der Waals surface area contributed by atoms with Gasteiger partial charge in [0.2, 0.25) is 15.9 Å². The SMILES string of the molecule is CC1CC(c2cccc(Cl)c2)C(c2ccc(Cl)cc2)N(C(CN(c2cccc(C#N)c2)S(C)(=O)=O)C2CC2)C(=O)C1CC(=O)O. The van der Waals surface area contributed by atoms with Crippen molar-refractivity contribution in [3.63, 3.8) is 0 Å². The van der Waals surface area contributed by atoms with E-state index in [9.17, 15) is 28.4 Å². The number of hydrogen-bond donors (Lipinski definition) is 1. The molecule has 1 saturated heterocycles. The number of carbonyl (C=O) groups excluding carboxylic acids is 1. The summed E-state index contributed by atoms with van der Waals surface area (Å²) < 4.78 is 28.0. The molecule has 1 N–H and O–H groups in total. The molecule has 0 radical (unpaired) electrons. The number of sulfonamides is 1. The Morgan fingerprint density at radius 3 is 2.33 bits per heavy atom. The van der Waals surface area contributed by atoms with Crippen LogP contribution in [0.2, 0.25) is 10.0 Å². The van der Waals surface area contributed by atoms with Gasteiger partial charge in [0.25, 0.3) is 0 Å². The summed E-state index contributed by atoms with van der Waals surface area (Å²) in [5.74, 6) is -2.79. The van der Waals surface area contributed by atoms with Gasteiger partial charge in [-0.15, -0.1) is 0 Å². The third-order valence-corrected chi connectivity index (χ3v) is 10.6. The van der Waals surface area contributed by atoms with Crippen molar-refractivity contribution in [2.45, 2.75) is 50.6 Å². The monoisotopic (exact) mass is 667 g/mol. The lowest BCUT2D eigenvalue weighted by atomic mass is 9.79. The third-order valence-electron chi connectivity index (χ3n) is 8.99. The molecule has 236 valence electrons. The summed E-state index contributed by atoms with van der Waals surface area (Å²) in [6.07, 6.45) is 2.85. The van der Waals surface area contributed by atoms with Gasteiger partial charge in [0, 0.05) is 16.0 Å². The molecular formula is C34H35Cl2N3O5S. The maximum atomic E-state index is 14.8. The second kappa shape index (κ2) is 13.4. The number of hydrogen-bond acceptors (Lipinski definition) is 5. The van der Waals surface area contributed by atoms with Gasteiger partial charge < -0.3 is 10.0 Å². The Morgan fingerprint density at radius 2 is 1.73 bits per heavy atom. The van der Waals surface area contributed by atoms with Crippen LogP contribution in [0.25, 0.3) is 0 Å². The van der Waals surface area contributed by atoms with E-state index in [1.165, 1.54) is 10.4 Å². The first kappa shape index (κ1) is 32.8. The minimum absolute atomic E-state index is 0.00829. The van der Waals surface area contributed by atoms with Gasteiger partial charge in [-0.3, -0.25) is 13.9 Å². The van der Waals surface area contributed by atoms with Crippen LogP contribution in [0.4, 0.5) is 5.69 Å². The van der Waals surface area contributed by atoms with Crippen molar-refractivity contribution in [2.75, 3.05) is 17.1 Å². The number of likely N-dealkylation sites (tertiary alicyclic amines) is 1. The molecular weight excluding hydrogens is 633 g/mol. The Morgan fingerprint density at radius 1 is 1.04 bits per heavy atom. The molecule has 2 fully saturated rings. The highest BCUT2D eigenvalue weighted by molar-refractivity contribution is 7.92. The van der Waals surface area contributed by atoms with Crippen LogP contribution in [0.3, 0.4) is 0 Å². The molecule has 3 aromatic rings. The topological polar surface area (TPSA) is 119 Å². The highest BCUT2D eigenvalue weighted by Gasteiger charge is 2.50. The van der Waals surface area contributed by atoms with E-state index in [-0.39, 0.29) is 36.6 Å². The molecule has 5 rings (SSSR count). The molecule has 0 spiro atoms.